The molecule has 0 saturated carbocycles. The zero-order valence-corrected chi connectivity index (χ0v) is 11.9. The largest absolute Gasteiger partial charge is 0.344 e. The Bertz CT molecular complexity index is 251. The molecule has 0 bridgehead atoms. The lowest BCUT2D eigenvalue weighted by molar-refractivity contribution is -0.663. The SMILES string of the molecule is CCN1CCC(N2CC(N3CC[NH2+]CC3)C2)CC1. The number of piperazine rings is 1. The van der Waals surface area contributed by atoms with Crippen molar-refractivity contribution in [1.82, 2.24) is 14.7 Å². The smallest absolute Gasteiger partial charge is 0.0885 e. The number of rotatable bonds is 3. The van der Waals surface area contributed by atoms with Gasteiger partial charge in [-0.15, -0.1) is 0 Å². The van der Waals surface area contributed by atoms with Gasteiger partial charge in [-0.2, -0.15) is 0 Å². The van der Waals surface area contributed by atoms with E-state index in [2.05, 4.69) is 26.9 Å². The van der Waals surface area contributed by atoms with Crippen LogP contribution in [0.25, 0.3) is 0 Å². The van der Waals surface area contributed by atoms with Gasteiger partial charge in [-0.05, 0) is 32.5 Å². The second-order valence-corrected chi connectivity index (χ2v) is 6.18. The molecule has 3 heterocycles. The normalized spacial score (nSPS) is 30.5. The van der Waals surface area contributed by atoms with Crippen LogP contribution in [0.4, 0.5) is 0 Å². The summed E-state index contributed by atoms with van der Waals surface area (Å²) in [6.07, 6.45) is 2.79. The third kappa shape index (κ3) is 2.72. The Hall–Kier alpha value is -0.160. The molecule has 0 atom stereocenters. The maximum absolute atomic E-state index is 2.75. The minimum absolute atomic E-state index is 0.878. The van der Waals surface area contributed by atoms with E-state index in [0.29, 0.717) is 0 Å². The lowest BCUT2D eigenvalue weighted by Gasteiger charge is -2.51. The number of likely N-dealkylation sites (tertiary alicyclic amines) is 2. The van der Waals surface area contributed by atoms with Crippen LogP contribution in [0.15, 0.2) is 0 Å². The van der Waals surface area contributed by atoms with E-state index >= 15 is 0 Å². The van der Waals surface area contributed by atoms with Gasteiger partial charge in [0.05, 0.1) is 13.1 Å². The second kappa shape index (κ2) is 5.87. The van der Waals surface area contributed by atoms with Gasteiger partial charge in [0.15, 0.2) is 0 Å². The lowest BCUT2D eigenvalue weighted by Crippen LogP contribution is -2.90. The molecule has 0 aliphatic carbocycles. The van der Waals surface area contributed by atoms with Crippen LogP contribution < -0.4 is 5.32 Å². The fourth-order valence-corrected chi connectivity index (χ4v) is 3.75. The summed E-state index contributed by atoms with van der Waals surface area (Å²) in [4.78, 5) is 8.06. The van der Waals surface area contributed by atoms with Crippen molar-refractivity contribution in [2.45, 2.75) is 31.8 Å². The third-order valence-corrected chi connectivity index (χ3v) is 5.17. The highest BCUT2D eigenvalue weighted by molar-refractivity contribution is 4.93. The van der Waals surface area contributed by atoms with Gasteiger partial charge in [-0.3, -0.25) is 9.80 Å². The maximum Gasteiger partial charge on any atom is 0.0885 e. The summed E-state index contributed by atoms with van der Waals surface area (Å²) in [5, 5.41) is 2.45. The van der Waals surface area contributed by atoms with E-state index < -0.39 is 0 Å². The minimum atomic E-state index is 0.878. The summed E-state index contributed by atoms with van der Waals surface area (Å²) in [6, 6.07) is 1.77. The molecule has 4 nitrogen and oxygen atoms in total. The highest BCUT2D eigenvalue weighted by atomic mass is 15.3. The maximum atomic E-state index is 2.75. The van der Waals surface area contributed by atoms with E-state index in [4.69, 9.17) is 0 Å². The molecule has 0 radical (unpaired) electrons. The molecule has 0 aromatic rings. The first-order chi connectivity index (χ1) is 8.86. The summed E-state index contributed by atoms with van der Waals surface area (Å²) in [6.45, 7) is 14.1. The van der Waals surface area contributed by atoms with Gasteiger partial charge in [-0.1, -0.05) is 6.92 Å². The molecule has 18 heavy (non-hydrogen) atoms. The van der Waals surface area contributed by atoms with E-state index in [-0.39, 0.29) is 0 Å². The van der Waals surface area contributed by atoms with Crippen molar-refractivity contribution < 1.29 is 5.32 Å². The predicted molar refractivity (Wildman–Crippen MR) is 73.7 cm³/mol. The van der Waals surface area contributed by atoms with Crippen molar-refractivity contribution in [3.05, 3.63) is 0 Å². The van der Waals surface area contributed by atoms with Crippen molar-refractivity contribution in [2.75, 3.05) is 58.9 Å². The summed E-state index contributed by atoms with van der Waals surface area (Å²) in [7, 11) is 0. The van der Waals surface area contributed by atoms with E-state index in [1.807, 2.05) is 0 Å². The monoisotopic (exact) mass is 253 g/mol. The zero-order chi connectivity index (χ0) is 12.4. The molecule has 0 spiro atoms. The van der Waals surface area contributed by atoms with E-state index in [9.17, 15) is 0 Å². The second-order valence-electron chi connectivity index (χ2n) is 6.18. The standard InChI is InChI=1S/C14H28N4/c1-2-16-7-3-13(4-8-16)18-11-14(12-18)17-9-5-15-6-10-17/h13-15H,2-12H2,1H3/p+1. The molecule has 0 aromatic carbocycles. The summed E-state index contributed by atoms with van der Waals surface area (Å²) in [5.74, 6) is 0. The molecule has 3 fully saturated rings. The van der Waals surface area contributed by atoms with Crippen molar-refractivity contribution in [3.8, 4) is 0 Å². The van der Waals surface area contributed by atoms with Crippen LogP contribution in [0.3, 0.4) is 0 Å². The molecular formula is C14H29N4+. The molecule has 104 valence electrons. The van der Waals surface area contributed by atoms with Crippen molar-refractivity contribution in [1.29, 1.82) is 0 Å². The number of quaternary nitrogens is 1. The van der Waals surface area contributed by atoms with Crippen LogP contribution in [0.5, 0.6) is 0 Å². The average Bonchev–Trinajstić information content (AvgIpc) is 2.39. The van der Waals surface area contributed by atoms with Gasteiger partial charge in [0.25, 0.3) is 0 Å². The Kier molecular flexibility index (Phi) is 4.19. The summed E-state index contributed by atoms with van der Waals surface area (Å²) < 4.78 is 0. The van der Waals surface area contributed by atoms with Crippen LogP contribution in [0.1, 0.15) is 19.8 Å². The molecule has 4 heteroatoms. The Morgan fingerprint density at radius 2 is 1.56 bits per heavy atom. The van der Waals surface area contributed by atoms with E-state index in [1.165, 1.54) is 71.7 Å². The fourth-order valence-electron chi connectivity index (χ4n) is 3.75. The van der Waals surface area contributed by atoms with Gasteiger partial charge < -0.3 is 10.2 Å². The molecule has 2 N–H and O–H groups in total. The quantitative estimate of drug-likeness (QED) is 0.701. The van der Waals surface area contributed by atoms with E-state index in [0.717, 1.165) is 12.1 Å². The van der Waals surface area contributed by atoms with Crippen LogP contribution in [-0.2, 0) is 0 Å². The first-order valence-corrected chi connectivity index (χ1v) is 7.89. The molecular weight excluding hydrogens is 224 g/mol. The number of nitrogens with zero attached hydrogens (tertiary/aromatic N) is 3. The Morgan fingerprint density at radius 1 is 0.889 bits per heavy atom. The number of hydrogen-bond acceptors (Lipinski definition) is 3. The highest BCUT2D eigenvalue weighted by Crippen LogP contribution is 2.24. The van der Waals surface area contributed by atoms with Gasteiger partial charge in [0.2, 0.25) is 0 Å². The average molecular weight is 253 g/mol. The first kappa shape index (κ1) is 12.9. The van der Waals surface area contributed by atoms with Gasteiger partial charge in [0.1, 0.15) is 0 Å². The van der Waals surface area contributed by atoms with Crippen LogP contribution >= 0.6 is 0 Å². The molecule has 3 rings (SSSR count). The lowest BCUT2D eigenvalue weighted by atomic mass is 9.96. The fraction of sp³-hybridized carbons (Fsp3) is 1.00. The third-order valence-electron chi connectivity index (χ3n) is 5.17. The number of nitrogens with two attached hydrogens (primary N) is 1. The molecule has 0 amide bonds. The molecule has 0 aromatic heterocycles. The van der Waals surface area contributed by atoms with Crippen LogP contribution in [-0.4, -0.2) is 85.7 Å². The topological polar surface area (TPSA) is 26.3 Å². The molecule has 3 aliphatic heterocycles. The Labute approximate surface area is 111 Å². The summed E-state index contributed by atoms with van der Waals surface area (Å²) in [5.41, 5.74) is 0. The molecule has 0 unspecified atom stereocenters. The van der Waals surface area contributed by atoms with Gasteiger partial charge in [-0.25, -0.2) is 0 Å². The summed E-state index contributed by atoms with van der Waals surface area (Å²) >= 11 is 0. The van der Waals surface area contributed by atoms with Crippen molar-refractivity contribution in [2.24, 2.45) is 0 Å². The molecule has 3 saturated heterocycles. The Balaban J connectivity index is 1.39. The van der Waals surface area contributed by atoms with Crippen LogP contribution in [0.2, 0.25) is 0 Å². The predicted octanol–water partition coefficient (Wildman–Crippen LogP) is -0.966. The van der Waals surface area contributed by atoms with Gasteiger partial charge >= 0.3 is 0 Å². The highest BCUT2D eigenvalue weighted by Gasteiger charge is 2.37. The zero-order valence-electron chi connectivity index (χ0n) is 11.9. The molecule has 3 aliphatic rings. The Morgan fingerprint density at radius 3 is 2.17 bits per heavy atom. The van der Waals surface area contributed by atoms with Crippen molar-refractivity contribution in [3.63, 3.8) is 0 Å². The van der Waals surface area contributed by atoms with E-state index in [1.54, 1.807) is 0 Å². The number of hydrogen-bond donors (Lipinski definition) is 1. The first-order valence-electron chi connectivity index (χ1n) is 7.89. The van der Waals surface area contributed by atoms with Gasteiger partial charge in [0, 0.05) is 38.3 Å². The minimum Gasteiger partial charge on any atom is -0.344 e. The number of piperidine rings is 1. The van der Waals surface area contributed by atoms with Crippen LogP contribution in [0, 0.1) is 0 Å². The van der Waals surface area contributed by atoms with Crippen molar-refractivity contribution >= 4 is 0 Å².